The Labute approximate surface area is 154 Å². The van der Waals surface area contributed by atoms with Crippen LogP contribution in [0, 0.1) is 0 Å². The number of aromatic nitrogens is 2. The van der Waals surface area contributed by atoms with Crippen LogP contribution in [-0.2, 0) is 6.54 Å². The number of piperidine rings is 1. The van der Waals surface area contributed by atoms with Crippen molar-refractivity contribution in [1.82, 2.24) is 15.3 Å². The van der Waals surface area contributed by atoms with Crippen molar-refractivity contribution >= 4 is 39.3 Å². The van der Waals surface area contributed by atoms with E-state index in [9.17, 15) is 4.79 Å². The molecule has 3 heterocycles. The summed E-state index contributed by atoms with van der Waals surface area (Å²) in [4.78, 5) is 23.0. The number of anilines is 1. The maximum absolute atomic E-state index is 12.3. The van der Waals surface area contributed by atoms with Gasteiger partial charge in [0.2, 0.25) is 0 Å². The van der Waals surface area contributed by atoms with Gasteiger partial charge in [0, 0.05) is 36.5 Å². The molecule has 1 N–H and O–H groups in total. The Kier molecular flexibility index (Phi) is 5.68. The van der Waals surface area contributed by atoms with E-state index in [-0.39, 0.29) is 11.1 Å². The molecule has 3 rings (SSSR count). The van der Waals surface area contributed by atoms with Crippen molar-refractivity contribution in [2.45, 2.75) is 25.8 Å². The summed E-state index contributed by atoms with van der Waals surface area (Å²) in [5.41, 5.74) is 1.37. The lowest BCUT2D eigenvalue weighted by molar-refractivity contribution is 0.0950. The highest BCUT2D eigenvalue weighted by Crippen LogP contribution is 2.20. The van der Waals surface area contributed by atoms with E-state index in [2.05, 4.69) is 36.1 Å². The highest BCUT2D eigenvalue weighted by molar-refractivity contribution is 9.10. The highest BCUT2D eigenvalue weighted by atomic mass is 79.9. The molecule has 1 aliphatic heterocycles. The van der Waals surface area contributed by atoms with Gasteiger partial charge in [0.25, 0.3) is 5.91 Å². The Hall–Kier alpha value is -1.66. The Balaban J connectivity index is 1.66. The Morgan fingerprint density at radius 3 is 2.83 bits per heavy atom. The predicted octanol–water partition coefficient (Wildman–Crippen LogP) is 3.81. The fourth-order valence-corrected chi connectivity index (χ4v) is 3.25. The van der Waals surface area contributed by atoms with Gasteiger partial charge in [0.05, 0.1) is 5.56 Å². The summed E-state index contributed by atoms with van der Waals surface area (Å²) in [6.07, 6.45) is 7.05. The first-order chi connectivity index (χ1) is 11.6. The van der Waals surface area contributed by atoms with Gasteiger partial charge in [-0.3, -0.25) is 4.79 Å². The van der Waals surface area contributed by atoms with Gasteiger partial charge < -0.3 is 10.2 Å². The van der Waals surface area contributed by atoms with Crippen LogP contribution < -0.4 is 10.2 Å². The molecule has 0 bridgehead atoms. The average molecular weight is 410 g/mol. The lowest BCUT2D eigenvalue weighted by atomic mass is 10.1. The Bertz CT molecular complexity index is 734. The Morgan fingerprint density at radius 2 is 2.04 bits per heavy atom. The molecule has 1 saturated heterocycles. The molecule has 2 aromatic heterocycles. The second kappa shape index (κ2) is 7.94. The van der Waals surface area contributed by atoms with Gasteiger partial charge >= 0.3 is 0 Å². The van der Waals surface area contributed by atoms with Gasteiger partial charge in [-0.25, -0.2) is 9.97 Å². The second-order valence-electron chi connectivity index (χ2n) is 5.74. The molecule has 0 aliphatic carbocycles. The molecule has 5 nitrogen and oxygen atoms in total. The molecule has 7 heteroatoms. The van der Waals surface area contributed by atoms with Crippen LogP contribution in [-0.4, -0.2) is 29.0 Å². The van der Waals surface area contributed by atoms with Crippen molar-refractivity contribution in [2.75, 3.05) is 18.0 Å². The minimum absolute atomic E-state index is 0.194. The number of halogens is 2. The quantitative estimate of drug-likeness (QED) is 0.780. The SMILES string of the molecule is O=C(NCc1ccnc(N2CCCCC2)c1)c1cc(Br)cnc1Cl. The zero-order chi connectivity index (χ0) is 16.9. The number of carbonyl (C=O) groups is 1. The summed E-state index contributed by atoms with van der Waals surface area (Å²) in [7, 11) is 0. The van der Waals surface area contributed by atoms with Crippen molar-refractivity contribution < 1.29 is 4.79 Å². The molecule has 1 aliphatic rings. The van der Waals surface area contributed by atoms with Crippen LogP contribution in [0.25, 0.3) is 0 Å². The molecule has 1 amide bonds. The maximum Gasteiger partial charge on any atom is 0.254 e. The van der Waals surface area contributed by atoms with Crippen LogP contribution in [0.3, 0.4) is 0 Å². The third kappa shape index (κ3) is 4.24. The van der Waals surface area contributed by atoms with Gasteiger partial charge in [-0.1, -0.05) is 11.6 Å². The largest absolute Gasteiger partial charge is 0.357 e. The molecular weight excluding hydrogens is 392 g/mol. The molecule has 0 radical (unpaired) electrons. The number of nitrogens with zero attached hydrogens (tertiary/aromatic N) is 3. The summed E-state index contributed by atoms with van der Waals surface area (Å²) in [6, 6.07) is 5.61. The van der Waals surface area contributed by atoms with E-state index in [0.29, 0.717) is 16.6 Å². The number of nitrogens with one attached hydrogen (secondary N) is 1. The minimum Gasteiger partial charge on any atom is -0.357 e. The number of rotatable bonds is 4. The first-order valence-corrected chi connectivity index (χ1v) is 9.10. The lowest BCUT2D eigenvalue weighted by Crippen LogP contribution is -2.30. The van der Waals surface area contributed by atoms with E-state index in [1.165, 1.54) is 19.3 Å². The van der Waals surface area contributed by atoms with Crippen LogP contribution in [0.4, 0.5) is 5.82 Å². The molecular formula is C17H18BrClN4O. The molecule has 0 unspecified atom stereocenters. The molecule has 126 valence electrons. The second-order valence-corrected chi connectivity index (χ2v) is 7.02. The number of amides is 1. The molecule has 0 spiro atoms. The smallest absolute Gasteiger partial charge is 0.254 e. The third-order valence-corrected chi connectivity index (χ3v) is 4.73. The first-order valence-electron chi connectivity index (χ1n) is 7.92. The standard InChI is InChI=1S/C17H18BrClN4O/c18-13-9-14(16(19)21-11-13)17(24)22-10-12-4-5-20-15(8-12)23-6-2-1-3-7-23/h4-5,8-9,11H,1-3,6-7,10H2,(H,22,24). The minimum atomic E-state index is -0.245. The van der Waals surface area contributed by atoms with E-state index < -0.39 is 0 Å². The topological polar surface area (TPSA) is 58.1 Å². The Morgan fingerprint density at radius 1 is 1.25 bits per heavy atom. The van der Waals surface area contributed by atoms with Crippen molar-refractivity contribution in [3.63, 3.8) is 0 Å². The van der Waals surface area contributed by atoms with E-state index in [1.807, 2.05) is 12.1 Å². The third-order valence-electron chi connectivity index (χ3n) is 3.99. The van der Waals surface area contributed by atoms with Crippen LogP contribution in [0.15, 0.2) is 35.1 Å². The van der Waals surface area contributed by atoms with E-state index in [4.69, 9.17) is 11.6 Å². The lowest BCUT2D eigenvalue weighted by Gasteiger charge is -2.27. The molecule has 1 fully saturated rings. The van der Waals surface area contributed by atoms with Gasteiger partial charge in [0.1, 0.15) is 11.0 Å². The predicted molar refractivity (Wildman–Crippen MR) is 98.4 cm³/mol. The normalized spacial score (nSPS) is 14.5. The van der Waals surface area contributed by atoms with Crippen LogP contribution in [0.2, 0.25) is 5.15 Å². The molecule has 0 atom stereocenters. The van der Waals surface area contributed by atoms with E-state index in [1.54, 1.807) is 18.5 Å². The van der Waals surface area contributed by atoms with Crippen LogP contribution in [0.1, 0.15) is 35.2 Å². The fourth-order valence-electron chi connectivity index (χ4n) is 2.73. The van der Waals surface area contributed by atoms with Gasteiger partial charge in [0.15, 0.2) is 0 Å². The summed E-state index contributed by atoms with van der Waals surface area (Å²) < 4.78 is 0.716. The summed E-state index contributed by atoms with van der Waals surface area (Å²) >= 11 is 9.29. The van der Waals surface area contributed by atoms with Crippen molar-refractivity contribution in [3.05, 3.63) is 51.3 Å². The van der Waals surface area contributed by atoms with E-state index in [0.717, 1.165) is 24.5 Å². The summed E-state index contributed by atoms with van der Waals surface area (Å²) in [5, 5.41) is 3.08. The average Bonchev–Trinajstić information content (AvgIpc) is 2.63. The number of carbonyl (C=O) groups excluding carboxylic acids is 1. The van der Waals surface area contributed by atoms with Crippen LogP contribution >= 0.6 is 27.5 Å². The first kappa shape index (κ1) is 17.2. The number of hydrogen-bond donors (Lipinski definition) is 1. The van der Waals surface area contributed by atoms with Gasteiger partial charge in [-0.2, -0.15) is 0 Å². The summed E-state index contributed by atoms with van der Waals surface area (Å²) in [6.45, 7) is 2.51. The van der Waals surface area contributed by atoms with Crippen molar-refractivity contribution in [3.8, 4) is 0 Å². The van der Waals surface area contributed by atoms with Gasteiger partial charge in [-0.15, -0.1) is 0 Å². The molecule has 0 saturated carbocycles. The number of pyridine rings is 2. The van der Waals surface area contributed by atoms with Gasteiger partial charge in [-0.05, 0) is 59.0 Å². The maximum atomic E-state index is 12.3. The zero-order valence-electron chi connectivity index (χ0n) is 13.1. The van der Waals surface area contributed by atoms with Crippen LogP contribution in [0.5, 0.6) is 0 Å². The monoisotopic (exact) mass is 408 g/mol. The summed E-state index contributed by atoms with van der Waals surface area (Å²) in [5.74, 6) is 0.730. The van der Waals surface area contributed by atoms with Crippen molar-refractivity contribution in [1.29, 1.82) is 0 Å². The molecule has 0 aromatic carbocycles. The van der Waals surface area contributed by atoms with E-state index >= 15 is 0 Å². The highest BCUT2D eigenvalue weighted by Gasteiger charge is 2.14. The molecule has 2 aromatic rings. The number of hydrogen-bond acceptors (Lipinski definition) is 4. The zero-order valence-corrected chi connectivity index (χ0v) is 15.5. The van der Waals surface area contributed by atoms with Crippen molar-refractivity contribution in [2.24, 2.45) is 0 Å². The molecule has 24 heavy (non-hydrogen) atoms. The fraction of sp³-hybridized carbons (Fsp3) is 0.353.